The monoisotopic (exact) mass is 301 g/mol. The van der Waals surface area contributed by atoms with Gasteiger partial charge in [0.25, 0.3) is 0 Å². The van der Waals surface area contributed by atoms with E-state index in [0.717, 1.165) is 0 Å². The van der Waals surface area contributed by atoms with Gasteiger partial charge in [-0.2, -0.15) is 0 Å². The van der Waals surface area contributed by atoms with Crippen LogP contribution in [0.1, 0.15) is 5.56 Å². The van der Waals surface area contributed by atoms with Crippen molar-refractivity contribution in [3.8, 4) is 0 Å². The van der Waals surface area contributed by atoms with Gasteiger partial charge in [0, 0.05) is 17.1 Å². The Labute approximate surface area is 119 Å². The molecule has 1 aliphatic rings. The molecule has 1 heterocycles. The van der Waals surface area contributed by atoms with E-state index in [9.17, 15) is 14.0 Å². The van der Waals surface area contributed by atoms with Crippen molar-refractivity contribution in [3.05, 3.63) is 34.6 Å². The Morgan fingerprint density at radius 1 is 1.50 bits per heavy atom. The highest BCUT2D eigenvalue weighted by Gasteiger charge is 2.33. The number of carbonyl (C=O) groups is 2. The van der Waals surface area contributed by atoms with Crippen LogP contribution >= 0.6 is 11.6 Å². The molecule has 1 unspecified atom stereocenters. The van der Waals surface area contributed by atoms with Crippen LogP contribution in [-0.2, 0) is 20.7 Å². The Bertz CT molecular complexity index is 517. The molecular formula is C13H13ClFNO4. The Morgan fingerprint density at radius 2 is 2.25 bits per heavy atom. The van der Waals surface area contributed by atoms with Gasteiger partial charge in [0.1, 0.15) is 5.82 Å². The molecule has 0 spiro atoms. The summed E-state index contributed by atoms with van der Waals surface area (Å²) in [6.45, 7) is 0.370. The standard InChI is InChI=1S/C13H13ClFNO4/c14-9-2-1-3-10(15)8(9)6-12(17)16-4-5-20-7-11(16)13(18)19/h1-3,11H,4-7H2,(H,18,19). The number of carboxylic acid groups (broad SMARTS) is 1. The third kappa shape index (κ3) is 3.08. The first-order valence-electron chi connectivity index (χ1n) is 6.03. The second-order valence-electron chi connectivity index (χ2n) is 4.39. The molecule has 20 heavy (non-hydrogen) atoms. The van der Waals surface area contributed by atoms with Crippen molar-refractivity contribution in [3.63, 3.8) is 0 Å². The number of ether oxygens (including phenoxy) is 1. The van der Waals surface area contributed by atoms with Gasteiger partial charge < -0.3 is 14.7 Å². The fourth-order valence-electron chi connectivity index (χ4n) is 2.06. The van der Waals surface area contributed by atoms with Crippen LogP contribution in [0.4, 0.5) is 4.39 Å². The van der Waals surface area contributed by atoms with Crippen LogP contribution in [0, 0.1) is 5.82 Å². The van der Waals surface area contributed by atoms with Gasteiger partial charge in [-0.05, 0) is 12.1 Å². The highest BCUT2D eigenvalue weighted by Crippen LogP contribution is 2.21. The number of hydrogen-bond donors (Lipinski definition) is 1. The molecule has 1 atom stereocenters. The van der Waals surface area contributed by atoms with Gasteiger partial charge in [0.2, 0.25) is 5.91 Å². The number of nitrogens with zero attached hydrogens (tertiary/aromatic N) is 1. The first kappa shape index (κ1) is 14.7. The molecule has 1 aromatic rings. The molecule has 0 bridgehead atoms. The average molecular weight is 302 g/mol. The van der Waals surface area contributed by atoms with Crippen LogP contribution in [0.2, 0.25) is 5.02 Å². The molecule has 1 amide bonds. The molecule has 0 aliphatic carbocycles. The molecule has 0 aromatic heterocycles. The lowest BCUT2D eigenvalue weighted by Crippen LogP contribution is -2.53. The Kier molecular flexibility index (Phi) is 4.57. The lowest BCUT2D eigenvalue weighted by atomic mass is 10.1. The molecule has 5 nitrogen and oxygen atoms in total. The number of carboxylic acids is 1. The van der Waals surface area contributed by atoms with Crippen LogP contribution in [0.25, 0.3) is 0 Å². The van der Waals surface area contributed by atoms with Crippen molar-refractivity contribution < 1.29 is 23.8 Å². The van der Waals surface area contributed by atoms with Crippen molar-refractivity contribution in [2.45, 2.75) is 12.5 Å². The second-order valence-corrected chi connectivity index (χ2v) is 4.80. The number of halogens is 2. The lowest BCUT2D eigenvalue weighted by Gasteiger charge is -2.33. The summed E-state index contributed by atoms with van der Waals surface area (Å²) in [5.74, 6) is -2.20. The summed E-state index contributed by atoms with van der Waals surface area (Å²) >= 11 is 5.86. The number of amides is 1. The third-order valence-electron chi connectivity index (χ3n) is 3.12. The molecule has 2 rings (SSSR count). The lowest BCUT2D eigenvalue weighted by molar-refractivity contribution is -0.158. The minimum Gasteiger partial charge on any atom is -0.480 e. The number of hydrogen-bond acceptors (Lipinski definition) is 3. The Hall–Kier alpha value is -1.66. The molecule has 1 N–H and O–H groups in total. The minimum atomic E-state index is -1.14. The van der Waals surface area contributed by atoms with Crippen LogP contribution in [0.5, 0.6) is 0 Å². The van der Waals surface area contributed by atoms with Crippen molar-refractivity contribution in [2.24, 2.45) is 0 Å². The van der Waals surface area contributed by atoms with Gasteiger partial charge in [-0.25, -0.2) is 9.18 Å². The fourth-order valence-corrected chi connectivity index (χ4v) is 2.29. The molecule has 1 aliphatic heterocycles. The summed E-state index contributed by atoms with van der Waals surface area (Å²) in [6, 6.07) is 3.10. The van der Waals surface area contributed by atoms with Crippen molar-refractivity contribution in [2.75, 3.05) is 19.8 Å². The van der Waals surface area contributed by atoms with Crippen molar-refractivity contribution >= 4 is 23.5 Å². The van der Waals surface area contributed by atoms with Gasteiger partial charge in [0.05, 0.1) is 19.6 Å². The zero-order chi connectivity index (χ0) is 14.7. The van der Waals surface area contributed by atoms with Crippen LogP contribution in [0.3, 0.4) is 0 Å². The normalized spacial score (nSPS) is 18.9. The van der Waals surface area contributed by atoms with Crippen molar-refractivity contribution in [1.82, 2.24) is 4.90 Å². The van der Waals surface area contributed by atoms with Gasteiger partial charge in [0.15, 0.2) is 6.04 Å². The fraction of sp³-hybridized carbons (Fsp3) is 0.385. The maximum atomic E-state index is 13.6. The molecule has 0 saturated carbocycles. The number of benzene rings is 1. The quantitative estimate of drug-likeness (QED) is 0.915. The van der Waals surface area contributed by atoms with E-state index in [1.807, 2.05) is 0 Å². The predicted molar refractivity (Wildman–Crippen MR) is 69.1 cm³/mol. The number of carbonyl (C=O) groups excluding carboxylic acids is 1. The summed E-state index contributed by atoms with van der Waals surface area (Å²) in [5.41, 5.74) is 0.0785. The highest BCUT2D eigenvalue weighted by molar-refractivity contribution is 6.31. The van der Waals surface area contributed by atoms with E-state index in [1.165, 1.54) is 23.1 Å². The summed E-state index contributed by atoms with van der Waals surface area (Å²) in [5, 5.41) is 9.21. The van der Waals surface area contributed by atoms with E-state index in [4.69, 9.17) is 21.4 Å². The predicted octanol–water partition coefficient (Wildman–Crippen LogP) is 1.33. The van der Waals surface area contributed by atoms with Crippen LogP contribution < -0.4 is 0 Å². The smallest absolute Gasteiger partial charge is 0.328 e. The minimum absolute atomic E-state index is 0.0634. The third-order valence-corrected chi connectivity index (χ3v) is 3.48. The Balaban J connectivity index is 2.16. The summed E-state index contributed by atoms with van der Waals surface area (Å²) in [4.78, 5) is 24.4. The van der Waals surface area contributed by atoms with Gasteiger partial charge in [-0.15, -0.1) is 0 Å². The first-order valence-corrected chi connectivity index (χ1v) is 6.41. The van der Waals surface area contributed by atoms with E-state index in [2.05, 4.69) is 0 Å². The summed E-state index contributed by atoms with van der Waals surface area (Å²) in [7, 11) is 0. The summed E-state index contributed by atoms with van der Waals surface area (Å²) in [6.07, 6.45) is -0.269. The zero-order valence-corrected chi connectivity index (χ0v) is 11.3. The molecule has 1 fully saturated rings. The van der Waals surface area contributed by atoms with Crippen molar-refractivity contribution in [1.29, 1.82) is 0 Å². The second kappa shape index (κ2) is 6.19. The number of morpholine rings is 1. The number of rotatable bonds is 3. The SMILES string of the molecule is O=C(O)C1COCCN1C(=O)Cc1c(F)cccc1Cl. The number of aliphatic carboxylic acids is 1. The Morgan fingerprint density at radius 3 is 2.90 bits per heavy atom. The maximum Gasteiger partial charge on any atom is 0.328 e. The van der Waals surface area contributed by atoms with E-state index < -0.39 is 23.7 Å². The van der Waals surface area contributed by atoms with Gasteiger partial charge in [-0.1, -0.05) is 17.7 Å². The molecule has 0 radical (unpaired) electrons. The van der Waals surface area contributed by atoms with E-state index in [0.29, 0.717) is 0 Å². The molecule has 1 saturated heterocycles. The van der Waals surface area contributed by atoms with Gasteiger partial charge in [-0.3, -0.25) is 4.79 Å². The topological polar surface area (TPSA) is 66.8 Å². The van der Waals surface area contributed by atoms with E-state index in [1.54, 1.807) is 0 Å². The first-order chi connectivity index (χ1) is 9.50. The molecule has 7 heteroatoms. The molecular weight excluding hydrogens is 289 g/mol. The van der Waals surface area contributed by atoms with Crippen LogP contribution in [0.15, 0.2) is 18.2 Å². The molecule has 108 valence electrons. The van der Waals surface area contributed by atoms with Gasteiger partial charge >= 0.3 is 5.97 Å². The van der Waals surface area contributed by atoms with E-state index in [-0.39, 0.29) is 36.8 Å². The zero-order valence-electron chi connectivity index (χ0n) is 10.5. The molecule has 1 aromatic carbocycles. The largest absolute Gasteiger partial charge is 0.480 e. The van der Waals surface area contributed by atoms with Crippen LogP contribution in [-0.4, -0.2) is 47.7 Å². The van der Waals surface area contributed by atoms with E-state index >= 15 is 0 Å². The highest BCUT2D eigenvalue weighted by atomic mass is 35.5. The summed E-state index contributed by atoms with van der Waals surface area (Å²) < 4.78 is 18.7. The average Bonchev–Trinajstić information content (AvgIpc) is 2.43. The maximum absolute atomic E-state index is 13.6.